The Morgan fingerprint density at radius 2 is 1.79 bits per heavy atom. The molecule has 0 atom stereocenters. The van der Waals surface area contributed by atoms with Crippen LogP contribution in [0.25, 0.3) is 0 Å². The third-order valence-electron chi connectivity index (χ3n) is 5.12. The number of fused-ring (bicyclic) bond motifs is 1. The zero-order chi connectivity index (χ0) is 23.0. The molecule has 1 heterocycles. The van der Waals surface area contributed by atoms with Gasteiger partial charge in [-0.3, -0.25) is 9.79 Å². The van der Waals surface area contributed by atoms with Gasteiger partial charge in [0.15, 0.2) is 0 Å². The Morgan fingerprint density at radius 3 is 2.55 bits per heavy atom. The van der Waals surface area contributed by atoms with Crippen molar-refractivity contribution < 1.29 is 9.53 Å². The van der Waals surface area contributed by atoms with E-state index in [0.717, 1.165) is 45.4 Å². The molecule has 33 heavy (non-hydrogen) atoms. The highest BCUT2D eigenvalue weighted by Crippen LogP contribution is 2.33. The number of amides is 1. The maximum absolute atomic E-state index is 12.4. The lowest BCUT2D eigenvalue weighted by Gasteiger charge is -2.09. The molecule has 3 aromatic carbocycles. The minimum atomic E-state index is -0.0194. The maximum Gasteiger partial charge on any atom is 0.230 e. The van der Waals surface area contributed by atoms with E-state index in [1.165, 1.54) is 11.8 Å². The van der Waals surface area contributed by atoms with Gasteiger partial charge < -0.3 is 10.1 Å². The lowest BCUT2D eigenvalue weighted by molar-refractivity contribution is -0.118. The number of nitrogens with zero attached hydrogens (tertiary/aromatic N) is 2. The van der Waals surface area contributed by atoms with Gasteiger partial charge in [-0.25, -0.2) is 4.99 Å². The van der Waals surface area contributed by atoms with Gasteiger partial charge in [-0.1, -0.05) is 48.0 Å². The Balaban J connectivity index is 1.41. The smallest absolute Gasteiger partial charge is 0.230 e. The summed E-state index contributed by atoms with van der Waals surface area (Å²) in [5, 5.41) is 4.55. The van der Waals surface area contributed by atoms with Gasteiger partial charge in [0.25, 0.3) is 0 Å². The fraction of sp³-hybridized carbons (Fsp3) is 0.192. The fourth-order valence-electron chi connectivity index (χ4n) is 3.40. The first-order chi connectivity index (χ1) is 16.1. The molecule has 0 fully saturated rings. The van der Waals surface area contributed by atoms with Gasteiger partial charge in [-0.05, 0) is 48.4 Å². The second kappa shape index (κ2) is 11.2. The van der Waals surface area contributed by atoms with Crippen LogP contribution in [0, 0.1) is 0 Å². The van der Waals surface area contributed by atoms with E-state index in [4.69, 9.17) is 26.3 Å². The summed E-state index contributed by atoms with van der Waals surface area (Å²) in [5.41, 5.74) is 4.63. The van der Waals surface area contributed by atoms with Crippen molar-refractivity contribution in [2.45, 2.75) is 12.8 Å². The van der Waals surface area contributed by atoms with Crippen LogP contribution in [-0.2, 0) is 11.2 Å². The van der Waals surface area contributed by atoms with Crippen molar-refractivity contribution in [2.24, 2.45) is 9.98 Å². The average Bonchev–Trinajstić information content (AvgIpc) is 3.03. The van der Waals surface area contributed by atoms with Gasteiger partial charge in [0.05, 0.1) is 35.0 Å². The maximum atomic E-state index is 12.4. The van der Waals surface area contributed by atoms with Crippen LogP contribution in [0.5, 0.6) is 5.75 Å². The van der Waals surface area contributed by atoms with Crippen molar-refractivity contribution >= 4 is 51.4 Å². The number of hydrogen-bond donors (Lipinski definition) is 1. The Labute approximate surface area is 203 Å². The van der Waals surface area contributed by atoms with E-state index in [1.807, 2.05) is 72.8 Å². The summed E-state index contributed by atoms with van der Waals surface area (Å²) in [6.45, 7) is 0.576. The van der Waals surface area contributed by atoms with E-state index >= 15 is 0 Å². The molecule has 5 nitrogen and oxygen atoms in total. The molecule has 0 radical (unpaired) electrons. The molecule has 0 aromatic heterocycles. The highest BCUT2D eigenvalue weighted by Gasteiger charge is 2.17. The number of carbonyl (C=O) groups excluding carboxylic acids is 1. The third-order valence-corrected chi connectivity index (χ3v) is 6.35. The van der Waals surface area contributed by atoms with Crippen LogP contribution < -0.4 is 10.1 Å². The van der Waals surface area contributed by atoms with E-state index in [-0.39, 0.29) is 5.91 Å². The van der Waals surface area contributed by atoms with Gasteiger partial charge in [-0.15, -0.1) is 11.8 Å². The van der Waals surface area contributed by atoms with Gasteiger partial charge in [0, 0.05) is 23.6 Å². The molecule has 0 unspecified atom stereocenters. The SMILES string of the molecule is COc1cccc(C2=Nc3ccccc3N=C(SCC(=O)NCCc3ccc(Cl)cc3)C2)c1. The highest BCUT2D eigenvalue weighted by atomic mass is 35.5. The van der Waals surface area contributed by atoms with Crippen molar-refractivity contribution in [2.75, 3.05) is 19.4 Å². The molecule has 1 amide bonds. The van der Waals surface area contributed by atoms with Crippen molar-refractivity contribution in [1.82, 2.24) is 5.32 Å². The Hall–Kier alpha value is -3.09. The summed E-state index contributed by atoms with van der Waals surface area (Å²) in [5.74, 6) is 1.06. The number of nitrogens with one attached hydrogen (secondary N) is 1. The monoisotopic (exact) mass is 477 g/mol. The second-order valence-electron chi connectivity index (χ2n) is 7.48. The molecule has 0 bridgehead atoms. The summed E-state index contributed by atoms with van der Waals surface area (Å²) in [6.07, 6.45) is 1.30. The number of thioether (sulfide) groups is 1. The van der Waals surface area contributed by atoms with Crippen LogP contribution >= 0.6 is 23.4 Å². The molecule has 1 N–H and O–H groups in total. The first-order valence-electron chi connectivity index (χ1n) is 10.6. The predicted molar refractivity (Wildman–Crippen MR) is 138 cm³/mol. The van der Waals surface area contributed by atoms with Crippen LogP contribution in [0.2, 0.25) is 5.02 Å². The summed E-state index contributed by atoms with van der Waals surface area (Å²) < 4.78 is 5.38. The molecule has 0 spiro atoms. The number of ether oxygens (including phenoxy) is 1. The number of halogens is 1. The summed E-state index contributed by atoms with van der Waals surface area (Å²) in [4.78, 5) is 22.1. The average molecular weight is 478 g/mol. The topological polar surface area (TPSA) is 63.1 Å². The van der Waals surface area contributed by atoms with Crippen LogP contribution in [-0.4, -0.2) is 36.1 Å². The van der Waals surface area contributed by atoms with Crippen molar-refractivity contribution in [3.05, 3.63) is 88.9 Å². The number of benzene rings is 3. The van der Waals surface area contributed by atoms with E-state index in [9.17, 15) is 4.79 Å². The standard InChI is InChI=1S/C26H24ClN3O2S/c1-32-21-6-4-5-19(15-21)24-16-26(30-23-8-3-2-7-22(23)29-24)33-17-25(31)28-14-13-18-9-11-20(27)12-10-18/h2-12,15H,13-14,16-17H2,1H3,(H,28,31). The highest BCUT2D eigenvalue weighted by molar-refractivity contribution is 8.14. The number of carbonyl (C=O) groups is 1. The van der Waals surface area contributed by atoms with Gasteiger partial charge >= 0.3 is 0 Å². The van der Waals surface area contributed by atoms with Crippen LogP contribution in [0.15, 0.2) is 82.8 Å². The molecule has 0 aliphatic carbocycles. The number of para-hydroxylation sites is 2. The van der Waals surface area contributed by atoms with E-state index in [2.05, 4.69) is 5.32 Å². The lowest BCUT2D eigenvalue weighted by atomic mass is 10.1. The number of rotatable bonds is 7. The summed E-state index contributed by atoms with van der Waals surface area (Å²) in [7, 11) is 1.65. The van der Waals surface area contributed by atoms with Crippen LogP contribution in [0.4, 0.5) is 11.4 Å². The number of hydrogen-bond acceptors (Lipinski definition) is 5. The minimum absolute atomic E-state index is 0.0194. The quantitative estimate of drug-likeness (QED) is 0.454. The largest absolute Gasteiger partial charge is 0.497 e. The molecule has 3 aromatic rings. The molecular formula is C26H24ClN3O2S. The normalized spacial score (nSPS) is 12.8. The van der Waals surface area contributed by atoms with Crippen molar-refractivity contribution in [3.8, 4) is 5.75 Å². The Bertz CT molecular complexity index is 1190. The molecule has 1 aliphatic heterocycles. The first-order valence-corrected chi connectivity index (χ1v) is 12.0. The Kier molecular flexibility index (Phi) is 7.81. The number of aliphatic imine (C=N–C) groups is 2. The molecular weight excluding hydrogens is 454 g/mol. The molecule has 168 valence electrons. The first kappa shape index (κ1) is 23.1. The van der Waals surface area contributed by atoms with Crippen LogP contribution in [0.3, 0.4) is 0 Å². The van der Waals surface area contributed by atoms with Crippen molar-refractivity contribution in [3.63, 3.8) is 0 Å². The molecule has 1 aliphatic rings. The zero-order valence-electron chi connectivity index (χ0n) is 18.3. The van der Waals surface area contributed by atoms with Crippen LogP contribution in [0.1, 0.15) is 17.5 Å². The summed E-state index contributed by atoms with van der Waals surface area (Å²) in [6, 6.07) is 23.3. The van der Waals surface area contributed by atoms with Gasteiger partial charge in [0.2, 0.25) is 5.91 Å². The molecule has 0 saturated carbocycles. The van der Waals surface area contributed by atoms with Gasteiger partial charge in [0.1, 0.15) is 5.75 Å². The predicted octanol–water partition coefficient (Wildman–Crippen LogP) is 6.00. The van der Waals surface area contributed by atoms with E-state index < -0.39 is 0 Å². The fourth-order valence-corrected chi connectivity index (χ4v) is 4.33. The zero-order valence-corrected chi connectivity index (χ0v) is 19.8. The third kappa shape index (κ3) is 6.46. The van der Waals surface area contributed by atoms with E-state index in [1.54, 1.807) is 7.11 Å². The summed E-state index contributed by atoms with van der Waals surface area (Å²) >= 11 is 7.37. The molecule has 0 saturated heterocycles. The minimum Gasteiger partial charge on any atom is -0.497 e. The van der Waals surface area contributed by atoms with Crippen molar-refractivity contribution in [1.29, 1.82) is 0 Å². The van der Waals surface area contributed by atoms with Gasteiger partial charge in [-0.2, -0.15) is 0 Å². The Morgan fingerprint density at radius 1 is 1.03 bits per heavy atom. The molecule has 7 heteroatoms. The van der Waals surface area contributed by atoms with E-state index in [0.29, 0.717) is 23.7 Å². The number of methoxy groups -OCH3 is 1. The molecule has 4 rings (SSSR count). The lowest BCUT2D eigenvalue weighted by Crippen LogP contribution is -2.27. The second-order valence-corrected chi connectivity index (χ2v) is 8.96.